The van der Waals surface area contributed by atoms with Crippen LogP contribution < -0.4 is 5.30 Å². The fraction of sp³-hybridized carbons (Fsp3) is 0.500. The second kappa shape index (κ2) is 8.57. The average Bonchev–Trinajstić information content (AvgIpc) is 2.70. The van der Waals surface area contributed by atoms with E-state index in [4.69, 9.17) is 0 Å². The molecule has 0 unspecified atom stereocenters. The van der Waals surface area contributed by atoms with Gasteiger partial charge in [-0.2, -0.15) is 0 Å². The monoisotopic (exact) mass is 366 g/mol. The van der Waals surface area contributed by atoms with Gasteiger partial charge < -0.3 is 5.11 Å². The molecule has 2 fully saturated rings. The normalized spacial score (nSPS) is 19.7. The Kier molecular flexibility index (Phi) is 5.95. The molecule has 0 atom stereocenters. The first kappa shape index (κ1) is 18.1. The first-order valence-electron chi connectivity index (χ1n) is 10.5. The Hall–Kier alpha value is -1.33. The molecule has 0 radical (unpaired) electrons. The Morgan fingerprint density at radius 2 is 1.31 bits per heavy atom. The smallest absolute Gasteiger partial charge is 0.116 e. The maximum atomic E-state index is 10.0. The van der Waals surface area contributed by atoms with Gasteiger partial charge in [0.1, 0.15) is 5.75 Å². The lowest BCUT2D eigenvalue weighted by Gasteiger charge is -2.39. The molecule has 138 valence electrons. The second-order valence-electron chi connectivity index (χ2n) is 8.06. The number of benzene rings is 2. The van der Waals surface area contributed by atoms with Crippen molar-refractivity contribution in [3.63, 3.8) is 0 Å². The van der Waals surface area contributed by atoms with Gasteiger partial charge in [0, 0.05) is 0 Å². The third-order valence-electron chi connectivity index (χ3n) is 6.28. The molecular weight excluding hydrogens is 335 g/mol. The molecule has 0 amide bonds. The van der Waals surface area contributed by atoms with Crippen molar-refractivity contribution in [2.24, 2.45) is 0 Å². The van der Waals surface area contributed by atoms with E-state index in [1.807, 2.05) is 12.1 Å². The van der Waals surface area contributed by atoms with Gasteiger partial charge in [-0.3, -0.25) is 0 Å². The summed E-state index contributed by atoms with van der Waals surface area (Å²) in [6, 6.07) is 16.9. The van der Waals surface area contributed by atoms with Gasteiger partial charge in [0.25, 0.3) is 0 Å². The van der Waals surface area contributed by atoms with Crippen LogP contribution >= 0.6 is 7.92 Å². The Balaban J connectivity index is 1.75. The van der Waals surface area contributed by atoms with E-state index in [-0.39, 0.29) is 7.92 Å². The molecule has 4 rings (SSSR count). The molecule has 2 aliphatic rings. The topological polar surface area (TPSA) is 20.2 Å². The van der Waals surface area contributed by atoms with Crippen LogP contribution in [0.3, 0.4) is 0 Å². The molecule has 26 heavy (non-hydrogen) atoms. The highest BCUT2D eigenvalue weighted by Crippen LogP contribution is 2.56. The number of aromatic hydroxyl groups is 1. The molecule has 0 saturated heterocycles. The van der Waals surface area contributed by atoms with Crippen LogP contribution in [0, 0.1) is 0 Å². The number of hydrogen-bond acceptors (Lipinski definition) is 1. The summed E-state index contributed by atoms with van der Waals surface area (Å²) in [5.74, 6) is 0.372. The van der Waals surface area contributed by atoms with Crippen molar-refractivity contribution in [1.29, 1.82) is 0 Å². The van der Waals surface area contributed by atoms with E-state index in [1.54, 1.807) is 11.4 Å². The fourth-order valence-corrected chi connectivity index (χ4v) is 8.99. The largest absolute Gasteiger partial charge is 0.508 e. The summed E-state index contributed by atoms with van der Waals surface area (Å²) in [6.07, 6.45) is 14.3. The lowest BCUT2D eigenvalue weighted by molar-refractivity contribution is 0.475. The van der Waals surface area contributed by atoms with Crippen LogP contribution in [0.2, 0.25) is 0 Å². The van der Waals surface area contributed by atoms with Crippen LogP contribution in [0.5, 0.6) is 5.75 Å². The highest BCUT2D eigenvalue weighted by atomic mass is 31.1. The van der Waals surface area contributed by atoms with Crippen molar-refractivity contribution in [2.75, 3.05) is 0 Å². The minimum Gasteiger partial charge on any atom is -0.508 e. The molecule has 2 heteroatoms. The van der Waals surface area contributed by atoms with E-state index >= 15 is 0 Å². The molecule has 1 nitrogen and oxygen atoms in total. The predicted molar refractivity (Wildman–Crippen MR) is 114 cm³/mol. The third-order valence-corrected chi connectivity index (χ3v) is 9.83. The third kappa shape index (κ3) is 3.99. The van der Waals surface area contributed by atoms with E-state index in [9.17, 15) is 5.11 Å². The number of rotatable bonds is 4. The summed E-state index contributed by atoms with van der Waals surface area (Å²) >= 11 is 0. The van der Waals surface area contributed by atoms with Crippen molar-refractivity contribution in [3.05, 3.63) is 48.5 Å². The van der Waals surface area contributed by atoms with Crippen LogP contribution in [0.4, 0.5) is 0 Å². The average molecular weight is 366 g/mol. The summed E-state index contributed by atoms with van der Waals surface area (Å²) in [5.41, 5.74) is 4.35. The Morgan fingerprint density at radius 1 is 0.692 bits per heavy atom. The maximum Gasteiger partial charge on any atom is 0.116 e. The van der Waals surface area contributed by atoms with Crippen LogP contribution in [-0.4, -0.2) is 16.4 Å². The van der Waals surface area contributed by atoms with E-state index in [2.05, 4.69) is 30.3 Å². The SMILES string of the molecule is Oc1cccc(-c2ccccc2P(C2CCCCC2)C2CCCCC2)c1. The van der Waals surface area contributed by atoms with E-state index < -0.39 is 0 Å². The van der Waals surface area contributed by atoms with Gasteiger partial charge in [0.05, 0.1) is 0 Å². The number of phenolic OH excluding ortho intramolecular Hbond substituents is 1. The van der Waals surface area contributed by atoms with Crippen molar-refractivity contribution in [1.82, 2.24) is 0 Å². The van der Waals surface area contributed by atoms with E-state index in [0.717, 1.165) is 11.3 Å². The van der Waals surface area contributed by atoms with Crippen molar-refractivity contribution < 1.29 is 5.11 Å². The van der Waals surface area contributed by atoms with Gasteiger partial charge >= 0.3 is 0 Å². The minimum atomic E-state index is -0.128. The number of hydrogen-bond donors (Lipinski definition) is 1. The summed E-state index contributed by atoms with van der Waals surface area (Å²) in [6.45, 7) is 0. The zero-order valence-corrected chi connectivity index (χ0v) is 16.6. The van der Waals surface area contributed by atoms with Crippen LogP contribution in [-0.2, 0) is 0 Å². The summed E-state index contributed by atoms with van der Waals surface area (Å²) in [7, 11) is -0.128. The standard InChI is InChI=1S/C24H31OP/c25-20-11-9-10-19(18-20)23-16-7-8-17-24(23)26(21-12-3-1-4-13-21)22-14-5-2-6-15-22/h7-11,16-18,21-22,25H,1-6,12-15H2. The zero-order valence-electron chi connectivity index (χ0n) is 15.7. The van der Waals surface area contributed by atoms with Crippen LogP contribution in [0.1, 0.15) is 64.2 Å². The lowest BCUT2D eigenvalue weighted by atomic mass is 9.99. The molecule has 0 spiro atoms. The van der Waals surface area contributed by atoms with Gasteiger partial charge in [0.2, 0.25) is 0 Å². The lowest BCUT2D eigenvalue weighted by Crippen LogP contribution is -2.27. The highest BCUT2D eigenvalue weighted by Gasteiger charge is 2.33. The molecule has 2 aromatic rings. The Labute approximate surface area is 159 Å². The minimum absolute atomic E-state index is 0.128. The number of phenols is 1. The highest BCUT2D eigenvalue weighted by molar-refractivity contribution is 7.67. The molecule has 1 N–H and O–H groups in total. The van der Waals surface area contributed by atoms with Crippen molar-refractivity contribution >= 4 is 13.2 Å². The molecular formula is C24H31OP. The quantitative estimate of drug-likeness (QED) is 0.588. The van der Waals surface area contributed by atoms with Gasteiger partial charge in [-0.15, -0.1) is 0 Å². The Morgan fingerprint density at radius 3 is 1.92 bits per heavy atom. The summed E-state index contributed by atoms with van der Waals surface area (Å²) < 4.78 is 0. The molecule has 0 heterocycles. The van der Waals surface area contributed by atoms with Gasteiger partial charge in [-0.1, -0.05) is 82.8 Å². The maximum absolute atomic E-state index is 10.0. The molecule has 0 aromatic heterocycles. The summed E-state index contributed by atoms with van der Waals surface area (Å²) in [4.78, 5) is 0. The molecule has 2 aliphatic carbocycles. The van der Waals surface area contributed by atoms with E-state index in [0.29, 0.717) is 5.75 Å². The Bertz CT molecular complexity index is 696. The summed E-state index contributed by atoms with van der Waals surface area (Å²) in [5, 5.41) is 11.6. The molecule has 2 saturated carbocycles. The van der Waals surface area contributed by atoms with E-state index in [1.165, 1.54) is 75.3 Å². The van der Waals surface area contributed by atoms with Crippen molar-refractivity contribution in [2.45, 2.75) is 75.5 Å². The predicted octanol–water partition coefficient (Wildman–Crippen LogP) is 6.83. The zero-order chi connectivity index (χ0) is 17.8. The second-order valence-corrected chi connectivity index (χ2v) is 10.8. The van der Waals surface area contributed by atoms with Crippen molar-refractivity contribution in [3.8, 4) is 16.9 Å². The van der Waals surface area contributed by atoms with Gasteiger partial charge in [-0.25, -0.2) is 0 Å². The van der Waals surface area contributed by atoms with Gasteiger partial charge in [-0.05, 0) is 65.6 Å². The van der Waals surface area contributed by atoms with Crippen LogP contribution in [0.15, 0.2) is 48.5 Å². The molecule has 0 bridgehead atoms. The first-order chi connectivity index (χ1) is 12.8. The first-order valence-corrected chi connectivity index (χ1v) is 12.0. The molecule has 2 aromatic carbocycles. The van der Waals surface area contributed by atoms with Gasteiger partial charge in [0.15, 0.2) is 0 Å². The fourth-order valence-electron chi connectivity index (χ4n) is 5.03. The molecule has 0 aliphatic heterocycles. The van der Waals surface area contributed by atoms with Crippen LogP contribution in [0.25, 0.3) is 11.1 Å².